The standard InChI is InChI=1S/C17H24N2O3/c1-13(2)11-19-12-14(10-16(19)20)17(21)18-8-9-22-15-6-4-3-5-7-15/h3-7,13-14H,8-12H2,1-2H3,(H,18,21)/t14-/m0/s1. The summed E-state index contributed by atoms with van der Waals surface area (Å²) in [6.45, 7) is 6.26. The Morgan fingerprint density at radius 3 is 2.77 bits per heavy atom. The first-order valence-electron chi connectivity index (χ1n) is 7.79. The molecule has 1 heterocycles. The van der Waals surface area contributed by atoms with Crippen molar-refractivity contribution >= 4 is 11.8 Å². The molecule has 120 valence electrons. The Bertz CT molecular complexity index is 502. The molecule has 0 bridgehead atoms. The van der Waals surface area contributed by atoms with E-state index < -0.39 is 0 Å². The van der Waals surface area contributed by atoms with Gasteiger partial charge in [0.15, 0.2) is 0 Å². The van der Waals surface area contributed by atoms with Gasteiger partial charge in [0.2, 0.25) is 11.8 Å². The highest BCUT2D eigenvalue weighted by atomic mass is 16.5. The van der Waals surface area contributed by atoms with Crippen LogP contribution in [0.1, 0.15) is 20.3 Å². The second kappa shape index (κ2) is 7.82. The van der Waals surface area contributed by atoms with Gasteiger partial charge in [0, 0.05) is 19.5 Å². The van der Waals surface area contributed by atoms with E-state index in [4.69, 9.17) is 4.74 Å². The number of nitrogens with one attached hydrogen (secondary N) is 1. The van der Waals surface area contributed by atoms with Crippen LogP contribution in [-0.2, 0) is 9.59 Å². The average Bonchev–Trinajstić information content (AvgIpc) is 2.85. The molecule has 0 aliphatic carbocycles. The highest BCUT2D eigenvalue weighted by Gasteiger charge is 2.34. The maximum Gasteiger partial charge on any atom is 0.225 e. The molecular weight excluding hydrogens is 280 g/mol. The molecule has 1 N–H and O–H groups in total. The van der Waals surface area contributed by atoms with Crippen molar-refractivity contribution in [2.45, 2.75) is 20.3 Å². The van der Waals surface area contributed by atoms with Crippen molar-refractivity contribution in [2.24, 2.45) is 11.8 Å². The Labute approximate surface area is 131 Å². The van der Waals surface area contributed by atoms with Crippen molar-refractivity contribution in [1.29, 1.82) is 0 Å². The summed E-state index contributed by atoms with van der Waals surface area (Å²) in [7, 11) is 0. The summed E-state index contributed by atoms with van der Waals surface area (Å²) >= 11 is 0. The minimum Gasteiger partial charge on any atom is -0.492 e. The van der Waals surface area contributed by atoms with Crippen molar-refractivity contribution in [2.75, 3.05) is 26.2 Å². The van der Waals surface area contributed by atoms with E-state index in [0.29, 0.717) is 32.0 Å². The fraction of sp³-hybridized carbons (Fsp3) is 0.529. The van der Waals surface area contributed by atoms with E-state index in [2.05, 4.69) is 19.2 Å². The predicted octanol–water partition coefficient (Wildman–Crippen LogP) is 1.69. The first-order chi connectivity index (χ1) is 10.6. The van der Waals surface area contributed by atoms with Gasteiger partial charge in [-0.15, -0.1) is 0 Å². The molecule has 0 saturated carbocycles. The van der Waals surface area contributed by atoms with Crippen LogP contribution in [-0.4, -0.2) is 43.0 Å². The normalized spacial score (nSPS) is 17.9. The van der Waals surface area contributed by atoms with Gasteiger partial charge in [-0.1, -0.05) is 32.0 Å². The van der Waals surface area contributed by atoms with E-state index in [1.165, 1.54) is 0 Å². The van der Waals surface area contributed by atoms with Crippen LogP contribution in [0.3, 0.4) is 0 Å². The van der Waals surface area contributed by atoms with Crippen molar-refractivity contribution in [3.8, 4) is 5.75 Å². The lowest BCUT2D eigenvalue weighted by Crippen LogP contribution is -2.35. The second-order valence-corrected chi connectivity index (χ2v) is 6.05. The molecule has 1 aliphatic heterocycles. The molecule has 1 aliphatic rings. The number of carbonyl (C=O) groups is 2. The van der Waals surface area contributed by atoms with E-state index in [-0.39, 0.29) is 17.7 Å². The number of nitrogens with zero attached hydrogens (tertiary/aromatic N) is 1. The Morgan fingerprint density at radius 2 is 2.09 bits per heavy atom. The van der Waals surface area contributed by atoms with E-state index in [9.17, 15) is 9.59 Å². The Morgan fingerprint density at radius 1 is 1.36 bits per heavy atom. The molecule has 1 fully saturated rings. The van der Waals surface area contributed by atoms with Crippen LogP contribution in [0.5, 0.6) is 5.75 Å². The van der Waals surface area contributed by atoms with E-state index in [1.807, 2.05) is 30.3 Å². The van der Waals surface area contributed by atoms with Gasteiger partial charge in [-0.25, -0.2) is 0 Å². The smallest absolute Gasteiger partial charge is 0.225 e. The molecule has 2 amide bonds. The second-order valence-electron chi connectivity index (χ2n) is 6.05. The molecule has 5 heteroatoms. The molecule has 1 atom stereocenters. The lowest BCUT2D eigenvalue weighted by molar-refractivity contribution is -0.129. The van der Waals surface area contributed by atoms with Gasteiger partial charge >= 0.3 is 0 Å². The summed E-state index contributed by atoms with van der Waals surface area (Å²) < 4.78 is 5.52. The number of hydrogen-bond donors (Lipinski definition) is 1. The lowest BCUT2D eigenvalue weighted by atomic mass is 10.1. The fourth-order valence-corrected chi connectivity index (χ4v) is 2.57. The number of carbonyl (C=O) groups excluding carboxylic acids is 2. The topological polar surface area (TPSA) is 58.6 Å². The monoisotopic (exact) mass is 304 g/mol. The summed E-state index contributed by atoms with van der Waals surface area (Å²) in [5.74, 6) is 0.995. The minimum atomic E-state index is -0.233. The number of ether oxygens (including phenoxy) is 1. The summed E-state index contributed by atoms with van der Waals surface area (Å²) in [4.78, 5) is 25.7. The number of amides is 2. The van der Waals surface area contributed by atoms with Gasteiger partial charge in [0.1, 0.15) is 12.4 Å². The summed E-state index contributed by atoms with van der Waals surface area (Å²) in [6, 6.07) is 9.49. The van der Waals surface area contributed by atoms with Gasteiger partial charge in [0.25, 0.3) is 0 Å². The summed E-state index contributed by atoms with van der Waals surface area (Å²) in [6.07, 6.45) is 0.318. The maximum atomic E-state index is 12.1. The molecule has 0 spiro atoms. The van der Waals surface area contributed by atoms with E-state index in [0.717, 1.165) is 12.3 Å². The Balaban J connectivity index is 1.68. The first-order valence-corrected chi connectivity index (χ1v) is 7.79. The first kappa shape index (κ1) is 16.3. The SMILES string of the molecule is CC(C)CN1C[C@@H](C(=O)NCCOc2ccccc2)CC1=O. The highest BCUT2D eigenvalue weighted by molar-refractivity contribution is 5.89. The molecular formula is C17H24N2O3. The van der Waals surface area contributed by atoms with Crippen molar-refractivity contribution in [3.05, 3.63) is 30.3 Å². The third-order valence-corrected chi connectivity index (χ3v) is 3.58. The number of rotatable bonds is 7. The molecule has 0 aromatic heterocycles. The van der Waals surface area contributed by atoms with Gasteiger partial charge in [-0.05, 0) is 18.1 Å². The van der Waals surface area contributed by atoms with E-state index >= 15 is 0 Å². The largest absolute Gasteiger partial charge is 0.492 e. The predicted molar refractivity (Wildman–Crippen MR) is 84.5 cm³/mol. The molecule has 1 aromatic rings. The van der Waals surface area contributed by atoms with Crippen LogP contribution in [0.4, 0.5) is 0 Å². The number of para-hydroxylation sites is 1. The van der Waals surface area contributed by atoms with Crippen LogP contribution in [0.25, 0.3) is 0 Å². The van der Waals surface area contributed by atoms with E-state index in [1.54, 1.807) is 4.90 Å². The quantitative estimate of drug-likeness (QED) is 0.780. The number of benzene rings is 1. The summed E-state index contributed by atoms with van der Waals surface area (Å²) in [5, 5.41) is 2.85. The lowest BCUT2D eigenvalue weighted by Gasteiger charge is -2.18. The number of hydrogen-bond acceptors (Lipinski definition) is 3. The molecule has 1 aromatic carbocycles. The van der Waals surface area contributed by atoms with Gasteiger partial charge in [-0.2, -0.15) is 0 Å². The molecule has 5 nitrogen and oxygen atoms in total. The van der Waals surface area contributed by atoms with Crippen LogP contribution >= 0.6 is 0 Å². The van der Waals surface area contributed by atoms with Crippen molar-refractivity contribution in [1.82, 2.24) is 10.2 Å². The molecule has 0 radical (unpaired) electrons. The third-order valence-electron chi connectivity index (χ3n) is 3.58. The molecule has 2 rings (SSSR count). The zero-order valence-electron chi connectivity index (χ0n) is 13.2. The van der Waals surface area contributed by atoms with Crippen molar-refractivity contribution < 1.29 is 14.3 Å². The van der Waals surface area contributed by atoms with Crippen molar-refractivity contribution in [3.63, 3.8) is 0 Å². The molecule has 1 saturated heterocycles. The third kappa shape index (κ3) is 4.76. The Kier molecular flexibility index (Phi) is 5.81. The van der Waals surface area contributed by atoms with Gasteiger partial charge in [-0.3, -0.25) is 9.59 Å². The zero-order valence-corrected chi connectivity index (χ0v) is 13.2. The van der Waals surface area contributed by atoms with Crippen LogP contribution in [0.15, 0.2) is 30.3 Å². The summed E-state index contributed by atoms with van der Waals surface area (Å²) in [5.41, 5.74) is 0. The minimum absolute atomic E-state index is 0.0590. The molecule has 22 heavy (non-hydrogen) atoms. The number of likely N-dealkylation sites (tertiary alicyclic amines) is 1. The van der Waals surface area contributed by atoms with Crippen LogP contribution in [0, 0.1) is 11.8 Å². The van der Waals surface area contributed by atoms with Crippen LogP contribution in [0.2, 0.25) is 0 Å². The fourth-order valence-electron chi connectivity index (χ4n) is 2.57. The van der Waals surface area contributed by atoms with Gasteiger partial charge < -0.3 is 15.0 Å². The highest BCUT2D eigenvalue weighted by Crippen LogP contribution is 2.19. The zero-order chi connectivity index (χ0) is 15.9. The van der Waals surface area contributed by atoms with Gasteiger partial charge in [0.05, 0.1) is 12.5 Å². The Hall–Kier alpha value is -2.04. The van der Waals surface area contributed by atoms with Crippen LogP contribution < -0.4 is 10.1 Å². The average molecular weight is 304 g/mol. The molecule has 0 unspecified atom stereocenters. The maximum absolute atomic E-state index is 12.1.